The highest BCUT2D eigenvalue weighted by atomic mass is 32.2. The van der Waals surface area contributed by atoms with Gasteiger partial charge < -0.3 is 29.7 Å². The van der Waals surface area contributed by atoms with E-state index >= 15 is 0 Å². The number of ether oxygens (including phenoxy) is 3. The molecule has 5 rings (SSSR count). The maximum absolute atomic E-state index is 11.8. The van der Waals surface area contributed by atoms with E-state index in [0.717, 1.165) is 27.9 Å². The third-order valence-corrected chi connectivity index (χ3v) is 8.06. The Kier molecular flexibility index (Phi) is 10.1. The average Bonchev–Trinajstić information content (AvgIpc) is 3.51. The normalized spacial score (nSPS) is 20.0. The molecule has 1 aliphatic rings. The number of benzene rings is 3. The van der Waals surface area contributed by atoms with Gasteiger partial charge >= 0.3 is 6.09 Å². The lowest BCUT2D eigenvalue weighted by atomic mass is 9.91. The van der Waals surface area contributed by atoms with Crippen LogP contribution < -0.4 is 5.32 Å². The van der Waals surface area contributed by atoms with Crippen LogP contribution in [0.4, 0.5) is 4.79 Å². The van der Waals surface area contributed by atoms with Gasteiger partial charge in [-0.3, -0.25) is 0 Å². The van der Waals surface area contributed by atoms with Crippen LogP contribution in [0.1, 0.15) is 41.6 Å². The van der Waals surface area contributed by atoms with Crippen molar-refractivity contribution in [2.24, 2.45) is 5.92 Å². The molecular formula is C31H33N5O6S. The van der Waals surface area contributed by atoms with Crippen LogP contribution in [0.25, 0.3) is 5.69 Å². The molecule has 1 saturated heterocycles. The highest BCUT2D eigenvalue weighted by molar-refractivity contribution is 7.99. The number of aromatic hydroxyl groups is 1. The summed E-state index contributed by atoms with van der Waals surface area (Å²) in [5, 5.41) is 34.6. The number of thioether (sulfide) groups is 1. The van der Waals surface area contributed by atoms with Crippen LogP contribution in [0, 0.1) is 5.92 Å². The number of amides is 1. The molecule has 1 amide bonds. The largest absolute Gasteiger partial charge is 0.508 e. The van der Waals surface area contributed by atoms with E-state index in [0.29, 0.717) is 17.5 Å². The molecule has 0 spiro atoms. The lowest BCUT2D eigenvalue weighted by Crippen LogP contribution is -2.38. The summed E-state index contributed by atoms with van der Waals surface area (Å²) < 4.78 is 19.6. The molecule has 0 aliphatic carbocycles. The molecule has 1 aromatic heterocycles. The molecule has 1 aliphatic heterocycles. The maximum Gasteiger partial charge on any atom is 0.407 e. The molecule has 11 nitrogen and oxygen atoms in total. The molecule has 4 atom stereocenters. The van der Waals surface area contributed by atoms with Crippen molar-refractivity contribution in [3.05, 3.63) is 108 Å². The summed E-state index contributed by atoms with van der Waals surface area (Å²) in [6, 6.07) is 22.1. The van der Waals surface area contributed by atoms with E-state index in [1.165, 1.54) is 17.8 Å². The van der Waals surface area contributed by atoms with Gasteiger partial charge in [0.25, 0.3) is 0 Å². The van der Waals surface area contributed by atoms with Crippen molar-refractivity contribution in [1.82, 2.24) is 25.5 Å². The van der Waals surface area contributed by atoms with Crippen LogP contribution in [-0.2, 0) is 27.4 Å². The Morgan fingerprint density at radius 3 is 2.44 bits per heavy atom. The Morgan fingerprint density at radius 1 is 1.05 bits per heavy atom. The Labute approximate surface area is 253 Å². The monoisotopic (exact) mass is 603 g/mol. The van der Waals surface area contributed by atoms with Crippen molar-refractivity contribution in [2.75, 3.05) is 12.4 Å². The number of tetrazole rings is 1. The minimum absolute atomic E-state index is 0.0215. The lowest BCUT2D eigenvalue weighted by molar-refractivity contribution is -0.268. The van der Waals surface area contributed by atoms with Crippen molar-refractivity contribution in [1.29, 1.82) is 0 Å². The van der Waals surface area contributed by atoms with Crippen LogP contribution in [0.15, 0.2) is 90.6 Å². The van der Waals surface area contributed by atoms with Crippen molar-refractivity contribution in [2.45, 2.75) is 43.7 Å². The van der Waals surface area contributed by atoms with Gasteiger partial charge in [-0.15, -0.1) is 5.10 Å². The minimum Gasteiger partial charge on any atom is -0.508 e. The first kappa shape index (κ1) is 30.2. The molecule has 4 aromatic rings. The maximum atomic E-state index is 11.8. The first-order chi connectivity index (χ1) is 20.9. The SMILES string of the molecule is C=CCOC(=O)NCc1ccc([C@@H]2O[C@H](CSc3nnnn3-c3ccc(O)cc3)[C@H](C)[C@H](c3ccc(CO)cc3)O2)cc1. The van der Waals surface area contributed by atoms with Gasteiger partial charge in [-0.2, -0.15) is 4.68 Å². The number of phenolic OH excluding ortho intramolecular Hbond substituents is 1. The molecule has 43 heavy (non-hydrogen) atoms. The number of nitrogens with one attached hydrogen (secondary N) is 1. The molecule has 0 radical (unpaired) electrons. The lowest BCUT2D eigenvalue weighted by Gasteiger charge is -2.41. The quantitative estimate of drug-likeness (QED) is 0.161. The third kappa shape index (κ3) is 7.59. The fraction of sp³-hybridized carbons (Fsp3) is 0.290. The predicted molar refractivity (Wildman–Crippen MR) is 159 cm³/mol. The summed E-state index contributed by atoms with van der Waals surface area (Å²) in [6.45, 7) is 6.05. The zero-order chi connectivity index (χ0) is 30.2. The minimum atomic E-state index is -0.642. The van der Waals surface area contributed by atoms with Gasteiger partial charge in [-0.25, -0.2) is 4.79 Å². The number of alkyl carbamates (subject to hydrolysis) is 1. The highest BCUT2D eigenvalue weighted by Gasteiger charge is 2.38. The number of aromatic nitrogens is 4. The van der Waals surface area contributed by atoms with Crippen molar-refractivity contribution in [3.63, 3.8) is 0 Å². The van der Waals surface area contributed by atoms with E-state index in [9.17, 15) is 15.0 Å². The summed E-state index contributed by atoms with van der Waals surface area (Å²) in [5.74, 6) is 0.696. The molecule has 12 heteroatoms. The van der Waals surface area contributed by atoms with E-state index in [-0.39, 0.29) is 37.1 Å². The fourth-order valence-electron chi connectivity index (χ4n) is 4.64. The first-order valence-electron chi connectivity index (χ1n) is 13.8. The first-order valence-corrected chi connectivity index (χ1v) is 14.7. The Bertz CT molecular complexity index is 1500. The molecule has 2 heterocycles. The second-order valence-corrected chi connectivity index (χ2v) is 11.0. The van der Waals surface area contributed by atoms with Crippen LogP contribution in [0.2, 0.25) is 0 Å². The standard InChI is InChI=1S/C31H33N5O6S/c1-3-16-40-31(39)32-17-21-4-10-24(11-5-21)29-41-27(20(2)28(42-29)23-8-6-22(18-37)7-9-23)19-43-30-33-34-35-36(30)25-12-14-26(38)15-13-25/h3-15,20,27-29,37-38H,1,16-19H2,2H3,(H,32,39)/t20-,27+,28+,29+/m0/s1. The zero-order valence-electron chi connectivity index (χ0n) is 23.6. The second kappa shape index (κ2) is 14.3. The number of carbonyl (C=O) groups is 1. The topological polar surface area (TPSA) is 141 Å². The molecule has 3 aromatic carbocycles. The molecule has 1 fully saturated rings. The number of rotatable bonds is 11. The van der Waals surface area contributed by atoms with Crippen molar-refractivity contribution in [3.8, 4) is 11.4 Å². The van der Waals surface area contributed by atoms with Crippen LogP contribution in [0.5, 0.6) is 5.75 Å². The summed E-state index contributed by atoms with van der Waals surface area (Å²) in [6.07, 6.45) is -0.138. The Hall–Kier alpha value is -4.23. The molecule has 224 valence electrons. The second-order valence-electron chi connectivity index (χ2n) is 10.0. The van der Waals surface area contributed by atoms with Gasteiger partial charge in [0.1, 0.15) is 12.4 Å². The molecule has 0 bridgehead atoms. The molecular weight excluding hydrogens is 570 g/mol. The Balaban J connectivity index is 1.33. The number of aliphatic hydroxyl groups is 1. The average molecular weight is 604 g/mol. The van der Waals surface area contributed by atoms with Crippen LogP contribution >= 0.6 is 11.8 Å². The Morgan fingerprint density at radius 2 is 1.74 bits per heavy atom. The predicted octanol–water partition coefficient (Wildman–Crippen LogP) is 4.86. The van der Waals surface area contributed by atoms with E-state index < -0.39 is 12.4 Å². The smallest absolute Gasteiger partial charge is 0.407 e. The van der Waals surface area contributed by atoms with Gasteiger partial charge in [0, 0.05) is 23.8 Å². The van der Waals surface area contributed by atoms with Gasteiger partial charge in [-0.05, 0) is 51.4 Å². The summed E-state index contributed by atoms with van der Waals surface area (Å²) in [7, 11) is 0. The third-order valence-electron chi connectivity index (χ3n) is 7.06. The molecule has 3 N–H and O–H groups in total. The summed E-state index contributed by atoms with van der Waals surface area (Å²) in [5.41, 5.74) is 4.28. The number of hydrogen-bond acceptors (Lipinski definition) is 10. The van der Waals surface area contributed by atoms with Gasteiger partial charge in [0.05, 0.1) is 24.5 Å². The number of phenols is 1. The van der Waals surface area contributed by atoms with Gasteiger partial charge in [0.2, 0.25) is 5.16 Å². The number of carbonyl (C=O) groups excluding carboxylic acids is 1. The van der Waals surface area contributed by atoms with Crippen molar-refractivity contribution >= 4 is 17.9 Å². The van der Waals surface area contributed by atoms with E-state index in [4.69, 9.17) is 14.2 Å². The number of hydrogen-bond donors (Lipinski definition) is 3. The van der Waals surface area contributed by atoms with E-state index in [1.54, 1.807) is 28.9 Å². The zero-order valence-corrected chi connectivity index (χ0v) is 24.4. The van der Waals surface area contributed by atoms with E-state index in [1.807, 2.05) is 48.5 Å². The summed E-state index contributed by atoms with van der Waals surface area (Å²) in [4.78, 5) is 11.8. The summed E-state index contributed by atoms with van der Waals surface area (Å²) >= 11 is 1.47. The number of aliphatic hydroxyl groups excluding tert-OH is 1. The molecule has 0 saturated carbocycles. The highest BCUT2D eigenvalue weighted by Crippen LogP contribution is 2.43. The van der Waals surface area contributed by atoms with Crippen molar-refractivity contribution < 1.29 is 29.2 Å². The number of nitrogens with zero attached hydrogens (tertiary/aromatic N) is 4. The fourth-order valence-corrected chi connectivity index (χ4v) is 5.70. The van der Waals surface area contributed by atoms with E-state index in [2.05, 4.69) is 34.3 Å². The van der Waals surface area contributed by atoms with Gasteiger partial charge in [-0.1, -0.05) is 79.9 Å². The van der Waals surface area contributed by atoms with Crippen LogP contribution in [0.3, 0.4) is 0 Å². The molecule has 0 unspecified atom stereocenters. The van der Waals surface area contributed by atoms with Crippen LogP contribution in [-0.4, -0.2) is 55.0 Å². The van der Waals surface area contributed by atoms with Gasteiger partial charge in [0.15, 0.2) is 6.29 Å².